The molecule has 0 aliphatic carbocycles. The van der Waals surface area contributed by atoms with Crippen molar-refractivity contribution in [2.45, 2.75) is 6.92 Å². The number of nitro benzene ring substituents is 1. The van der Waals surface area contributed by atoms with Crippen molar-refractivity contribution in [2.75, 3.05) is 17.7 Å². The number of benzene rings is 2. The number of aryl methyl sites for hydroxylation is 1. The average Bonchev–Trinajstić information content (AvgIpc) is 2.65. The van der Waals surface area contributed by atoms with Gasteiger partial charge in [0.25, 0.3) is 11.6 Å². The van der Waals surface area contributed by atoms with Crippen LogP contribution in [0, 0.1) is 28.4 Å². The number of methoxy groups -OCH3 is 1. The first-order valence-corrected chi connectivity index (χ1v) is 8.00. The molecule has 0 radical (unpaired) electrons. The van der Waals surface area contributed by atoms with E-state index >= 15 is 0 Å². The van der Waals surface area contributed by atoms with E-state index in [0.717, 1.165) is 11.8 Å². The lowest BCUT2D eigenvalue weighted by atomic mass is 10.2. The first kappa shape index (κ1) is 19.8. The Morgan fingerprint density at radius 3 is 2.67 bits per heavy atom. The molecule has 2 aromatic carbocycles. The van der Waals surface area contributed by atoms with Gasteiger partial charge in [-0.25, -0.2) is 0 Å². The molecule has 0 atom stereocenters. The number of hydrogen-bond acceptors (Lipinski definition) is 6. The molecule has 138 valence electrons. The lowest BCUT2D eigenvalue weighted by molar-refractivity contribution is -0.384. The number of rotatable bonds is 6. The maximum atomic E-state index is 12.3. The Morgan fingerprint density at radius 1 is 1.30 bits per heavy atom. The fourth-order valence-corrected chi connectivity index (χ4v) is 2.31. The highest BCUT2D eigenvalue weighted by atomic mass is 35.5. The number of anilines is 2. The molecule has 0 aliphatic rings. The molecular weight excluding hydrogens is 372 g/mol. The van der Waals surface area contributed by atoms with E-state index < -0.39 is 10.8 Å². The van der Waals surface area contributed by atoms with Gasteiger partial charge >= 0.3 is 0 Å². The third kappa shape index (κ3) is 4.96. The number of nitrogens with zero attached hydrogens (tertiary/aromatic N) is 2. The summed E-state index contributed by atoms with van der Waals surface area (Å²) in [6, 6.07) is 10.7. The second-order valence-corrected chi connectivity index (χ2v) is 5.81. The molecule has 0 fully saturated rings. The number of ether oxygens (including phenoxy) is 1. The van der Waals surface area contributed by atoms with Gasteiger partial charge in [0.15, 0.2) is 0 Å². The summed E-state index contributed by atoms with van der Waals surface area (Å²) in [5.41, 5.74) is 1.10. The zero-order valence-electron chi connectivity index (χ0n) is 14.4. The Labute approximate surface area is 160 Å². The molecule has 0 bridgehead atoms. The summed E-state index contributed by atoms with van der Waals surface area (Å²) in [6.07, 6.45) is 1.15. The number of amides is 1. The van der Waals surface area contributed by atoms with Crippen molar-refractivity contribution in [1.29, 1.82) is 5.26 Å². The fourth-order valence-electron chi connectivity index (χ4n) is 2.14. The van der Waals surface area contributed by atoms with Crippen LogP contribution >= 0.6 is 11.6 Å². The summed E-state index contributed by atoms with van der Waals surface area (Å²) in [7, 11) is 1.40. The van der Waals surface area contributed by atoms with E-state index in [0.29, 0.717) is 16.5 Å². The maximum Gasteiger partial charge on any atom is 0.271 e. The zero-order chi connectivity index (χ0) is 20.0. The monoisotopic (exact) mass is 386 g/mol. The van der Waals surface area contributed by atoms with Crippen molar-refractivity contribution in [3.8, 4) is 11.8 Å². The van der Waals surface area contributed by atoms with Gasteiger partial charge in [0.05, 0.1) is 17.7 Å². The lowest BCUT2D eigenvalue weighted by Gasteiger charge is -2.10. The van der Waals surface area contributed by atoms with Crippen LogP contribution in [0.1, 0.15) is 5.56 Å². The third-order valence-electron chi connectivity index (χ3n) is 3.58. The van der Waals surface area contributed by atoms with Gasteiger partial charge in [-0.15, -0.1) is 0 Å². The van der Waals surface area contributed by atoms with Crippen LogP contribution in [0.2, 0.25) is 5.02 Å². The maximum absolute atomic E-state index is 12.3. The molecule has 1 amide bonds. The molecule has 9 heteroatoms. The minimum Gasteiger partial charge on any atom is -0.495 e. The van der Waals surface area contributed by atoms with Crippen LogP contribution in [0.4, 0.5) is 17.1 Å². The van der Waals surface area contributed by atoms with Crippen molar-refractivity contribution >= 4 is 34.6 Å². The van der Waals surface area contributed by atoms with E-state index in [1.54, 1.807) is 31.2 Å². The molecule has 0 aromatic heterocycles. The molecule has 0 spiro atoms. The van der Waals surface area contributed by atoms with Crippen molar-refractivity contribution in [3.63, 3.8) is 0 Å². The molecule has 27 heavy (non-hydrogen) atoms. The number of carbonyl (C=O) groups is 1. The largest absolute Gasteiger partial charge is 0.495 e. The highest BCUT2D eigenvalue weighted by molar-refractivity contribution is 6.31. The molecule has 0 heterocycles. The predicted molar refractivity (Wildman–Crippen MR) is 102 cm³/mol. The number of halogens is 1. The second-order valence-electron chi connectivity index (χ2n) is 5.37. The average molecular weight is 387 g/mol. The number of nitro groups is 1. The van der Waals surface area contributed by atoms with Gasteiger partial charge in [-0.3, -0.25) is 14.9 Å². The van der Waals surface area contributed by atoms with Gasteiger partial charge in [0.1, 0.15) is 17.4 Å². The van der Waals surface area contributed by atoms with E-state index in [9.17, 15) is 20.2 Å². The molecule has 0 aliphatic heterocycles. The molecule has 2 rings (SSSR count). The Morgan fingerprint density at radius 2 is 2.04 bits per heavy atom. The Kier molecular flexibility index (Phi) is 6.36. The summed E-state index contributed by atoms with van der Waals surface area (Å²) < 4.78 is 5.12. The van der Waals surface area contributed by atoms with Gasteiger partial charge in [0.2, 0.25) is 0 Å². The third-order valence-corrected chi connectivity index (χ3v) is 3.81. The number of hydrogen-bond donors (Lipinski definition) is 2. The van der Waals surface area contributed by atoms with Crippen LogP contribution in [0.25, 0.3) is 0 Å². The van der Waals surface area contributed by atoms with Crippen molar-refractivity contribution in [3.05, 3.63) is 68.9 Å². The number of nitriles is 1. The van der Waals surface area contributed by atoms with E-state index in [1.165, 1.54) is 25.3 Å². The van der Waals surface area contributed by atoms with Gasteiger partial charge in [-0.1, -0.05) is 17.7 Å². The predicted octanol–water partition coefficient (Wildman–Crippen LogP) is 4.02. The zero-order valence-corrected chi connectivity index (χ0v) is 15.2. The summed E-state index contributed by atoms with van der Waals surface area (Å²) >= 11 is 5.92. The topological polar surface area (TPSA) is 117 Å². The van der Waals surface area contributed by atoms with E-state index in [4.69, 9.17) is 16.3 Å². The lowest BCUT2D eigenvalue weighted by Crippen LogP contribution is -2.15. The number of carbonyl (C=O) groups excluding carboxylic acids is 1. The summed E-state index contributed by atoms with van der Waals surface area (Å²) in [6.45, 7) is 1.79. The van der Waals surface area contributed by atoms with Gasteiger partial charge < -0.3 is 15.4 Å². The molecule has 0 saturated carbocycles. The minimum absolute atomic E-state index is 0.163. The highest BCUT2D eigenvalue weighted by Gasteiger charge is 2.14. The van der Waals surface area contributed by atoms with Gasteiger partial charge in [-0.05, 0) is 30.7 Å². The number of nitrogens with one attached hydrogen (secondary N) is 2. The van der Waals surface area contributed by atoms with Gasteiger partial charge in [-0.2, -0.15) is 5.26 Å². The second kappa shape index (κ2) is 8.69. The first-order chi connectivity index (χ1) is 12.8. The van der Waals surface area contributed by atoms with E-state index in [-0.39, 0.29) is 16.9 Å². The van der Waals surface area contributed by atoms with Crippen LogP contribution < -0.4 is 15.4 Å². The van der Waals surface area contributed by atoms with E-state index in [1.807, 2.05) is 0 Å². The van der Waals surface area contributed by atoms with Crippen molar-refractivity contribution in [2.24, 2.45) is 0 Å². The first-order valence-electron chi connectivity index (χ1n) is 7.62. The molecule has 8 nitrogen and oxygen atoms in total. The highest BCUT2D eigenvalue weighted by Crippen LogP contribution is 2.29. The fraction of sp³-hybridized carbons (Fsp3) is 0.111. The summed E-state index contributed by atoms with van der Waals surface area (Å²) in [5, 5.41) is 25.9. The Balaban J connectivity index is 2.25. The van der Waals surface area contributed by atoms with Crippen LogP contribution in [0.15, 0.2) is 48.2 Å². The summed E-state index contributed by atoms with van der Waals surface area (Å²) in [5.74, 6) is -0.333. The normalized spacial score (nSPS) is 10.7. The quantitative estimate of drug-likeness (QED) is 0.335. The van der Waals surface area contributed by atoms with Gasteiger partial charge in [0, 0.05) is 29.0 Å². The summed E-state index contributed by atoms with van der Waals surface area (Å²) in [4.78, 5) is 22.7. The van der Waals surface area contributed by atoms with Crippen LogP contribution in [0.5, 0.6) is 5.75 Å². The number of non-ortho nitro benzene ring substituents is 1. The Hall–Kier alpha value is -3.57. The standard InChI is InChI=1S/C18H15ClN4O4/c1-11-3-4-13(19)7-15(11)22-18(24)12(9-20)10-21-16-8-14(23(25)26)5-6-17(16)27-2/h3-8,10,21H,1-2H3,(H,22,24)/b12-10-. The molecule has 2 aromatic rings. The molecule has 2 N–H and O–H groups in total. The minimum atomic E-state index is -0.653. The van der Waals surface area contributed by atoms with Crippen LogP contribution in [0.3, 0.4) is 0 Å². The van der Waals surface area contributed by atoms with Crippen LogP contribution in [-0.4, -0.2) is 17.9 Å². The van der Waals surface area contributed by atoms with Crippen molar-refractivity contribution in [1.82, 2.24) is 0 Å². The molecular formula is C18H15ClN4O4. The van der Waals surface area contributed by atoms with Crippen LogP contribution in [-0.2, 0) is 4.79 Å². The van der Waals surface area contributed by atoms with Crippen molar-refractivity contribution < 1.29 is 14.5 Å². The van der Waals surface area contributed by atoms with E-state index in [2.05, 4.69) is 10.6 Å². The molecule has 0 unspecified atom stereocenters. The molecule has 0 saturated heterocycles. The SMILES string of the molecule is COc1ccc([N+](=O)[O-])cc1N/C=C(/C#N)C(=O)Nc1cc(Cl)ccc1C. The smallest absolute Gasteiger partial charge is 0.271 e. The Bertz CT molecular complexity index is 966.